The molecule has 0 saturated carbocycles. The van der Waals surface area contributed by atoms with Crippen LogP contribution in [0, 0.1) is 5.82 Å². The zero-order valence-corrected chi connectivity index (χ0v) is 12.7. The van der Waals surface area contributed by atoms with Crippen LogP contribution in [0.4, 0.5) is 10.3 Å². The number of nitrogens with zero attached hydrogens (tertiary/aromatic N) is 2. The number of benzene rings is 2. The van der Waals surface area contributed by atoms with Gasteiger partial charge in [0.05, 0.1) is 15.5 Å². The lowest BCUT2D eigenvalue weighted by Crippen LogP contribution is -2.00. The highest BCUT2D eigenvalue weighted by Gasteiger charge is 2.12. The SMILES string of the molecule is Nc1nc2cc(Br)c(F)cc2n1-c1ccc(Br)cc1. The number of rotatable bonds is 1. The number of nitrogen functional groups attached to an aromatic ring is 1. The molecule has 2 N–H and O–H groups in total. The molecule has 0 saturated heterocycles. The Morgan fingerprint density at radius 3 is 2.47 bits per heavy atom. The fraction of sp³-hybridized carbons (Fsp3) is 0. The van der Waals surface area contributed by atoms with Crippen LogP contribution in [0.1, 0.15) is 0 Å². The van der Waals surface area contributed by atoms with Crippen LogP contribution >= 0.6 is 31.9 Å². The predicted octanol–water partition coefficient (Wildman–Crippen LogP) is 4.27. The van der Waals surface area contributed by atoms with Crippen molar-refractivity contribution in [1.29, 1.82) is 0 Å². The molecule has 0 amide bonds. The summed E-state index contributed by atoms with van der Waals surface area (Å²) in [6.07, 6.45) is 0. The minimum absolute atomic E-state index is 0.329. The molecule has 19 heavy (non-hydrogen) atoms. The number of aromatic nitrogens is 2. The molecule has 0 aliphatic heterocycles. The summed E-state index contributed by atoms with van der Waals surface area (Å²) >= 11 is 6.52. The normalized spacial score (nSPS) is 11.1. The van der Waals surface area contributed by atoms with E-state index in [4.69, 9.17) is 5.73 Å². The first-order chi connectivity index (χ1) is 9.06. The summed E-state index contributed by atoms with van der Waals surface area (Å²) in [6.45, 7) is 0. The van der Waals surface area contributed by atoms with Gasteiger partial charge in [-0.15, -0.1) is 0 Å². The van der Waals surface area contributed by atoms with E-state index in [1.54, 1.807) is 10.6 Å². The summed E-state index contributed by atoms with van der Waals surface area (Å²) in [5.74, 6) is -0.0133. The lowest BCUT2D eigenvalue weighted by Gasteiger charge is -2.06. The zero-order chi connectivity index (χ0) is 13.6. The Kier molecular flexibility index (Phi) is 3.06. The number of nitrogens with two attached hydrogens (primary N) is 1. The topological polar surface area (TPSA) is 43.8 Å². The van der Waals surface area contributed by atoms with E-state index in [1.165, 1.54) is 6.07 Å². The Balaban J connectivity index is 2.31. The van der Waals surface area contributed by atoms with Crippen LogP contribution in [0.3, 0.4) is 0 Å². The van der Waals surface area contributed by atoms with Gasteiger partial charge in [0.1, 0.15) is 5.82 Å². The molecule has 1 heterocycles. The van der Waals surface area contributed by atoms with E-state index in [0.29, 0.717) is 21.5 Å². The molecule has 2 aromatic carbocycles. The number of hydrogen-bond donors (Lipinski definition) is 1. The second-order valence-corrected chi connectivity index (χ2v) is 5.81. The standard InChI is InChI=1S/C13H8Br2FN3/c14-7-1-3-8(4-2-7)19-12-6-10(16)9(15)5-11(12)18-13(19)17/h1-6H,(H2,17,18). The van der Waals surface area contributed by atoms with Crippen LogP contribution in [0.2, 0.25) is 0 Å². The van der Waals surface area contributed by atoms with E-state index in [9.17, 15) is 4.39 Å². The first-order valence-corrected chi connectivity index (χ1v) is 7.04. The van der Waals surface area contributed by atoms with Gasteiger partial charge in [0, 0.05) is 16.2 Å². The molecule has 0 fully saturated rings. The maximum absolute atomic E-state index is 13.7. The lowest BCUT2D eigenvalue weighted by molar-refractivity contribution is 0.622. The molecule has 0 spiro atoms. The molecule has 6 heteroatoms. The van der Waals surface area contributed by atoms with Gasteiger partial charge in [0.15, 0.2) is 0 Å². The van der Waals surface area contributed by atoms with E-state index in [-0.39, 0.29) is 5.82 Å². The molecule has 0 radical (unpaired) electrons. The van der Waals surface area contributed by atoms with Crippen LogP contribution in [0.15, 0.2) is 45.3 Å². The molecule has 3 nitrogen and oxygen atoms in total. The molecular formula is C13H8Br2FN3. The number of hydrogen-bond acceptors (Lipinski definition) is 2. The number of imidazole rings is 1. The summed E-state index contributed by atoms with van der Waals surface area (Å²) < 4.78 is 16.7. The van der Waals surface area contributed by atoms with Crippen LogP contribution in [0.5, 0.6) is 0 Å². The van der Waals surface area contributed by atoms with Crippen molar-refractivity contribution in [3.8, 4) is 5.69 Å². The highest BCUT2D eigenvalue weighted by Crippen LogP contribution is 2.28. The number of fused-ring (bicyclic) bond motifs is 1. The molecule has 96 valence electrons. The van der Waals surface area contributed by atoms with Crippen LogP contribution in [0.25, 0.3) is 16.7 Å². The molecule has 1 aromatic heterocycles. The van der Waals surface area contributed by atoms with E-state index in [1.807, 2.05) is 24.3 Å². The molecular weight excluding hydrogens is 377 g/mol. The monoisotopic (exact) mass is 383 g/mol. The van der Waals surface area contributed by atoms with E-state index in [2.05, 4.69) is 36.8 Å². The maximum atomic E-state index is 13.7. The Morgan fingerprint density at radius 1 is 1.11 bits per heavy atom. The van der Waals surface area contributed by atoms with Crippen molar-refractivity contribution in [2.45, 2.75) is 0 Å². The van der Waals surface area contributed by atoms with Gasteiger partial charge in [0.2, 0.25) is 5.95 Å². The van der Waals surface area contributed by atoms with Gasteiger partial charge in [-0.25, -0.2) is 9.37 Å². The minimum Gasteiger partial charge on any atom is -0.369 e. The zero-order valence-electron chi connectivity index (χ0n) is 9.57. The third-order valence-corrected chi connectivity index (χ3v) is 3.94. The van der Waals surface area contributed by atoms with Gasteiger partial charge in [-0.2, -0.15) is 0 Å². The van der Waals surface area contributed by atoms with E-state index >= 15 is 0 Å². The Labute approximate surface area is 125 Å². The quantitative estimate of drug-likeness (QED) is 0.680. The molecule has 0 bridgehead atoms. The highest BCUT2D eigenvalue weighted by atomic mass is 79.9. The summed E-state index contributed by atoms with van der Waals surface area (Å²) in [5, 5.41) is 0. The number of anilines is 1. The fourth-order valence-corrected chi connectivity index (χ4v) is 2.55. The van der Waals surface area contributed by atoms with Gasteiger partial charge < -0.3 is 5.73 Å². The third kappa shape index (κ3) is 2.15. The average Bonchev–Trinajstić information content (AvgIpc) is 2.67. The predicted molar refractivity (Wildman–Crippen MR) is 80.8 cm³/mol. The van der Waals surface area contributed by atoms with Crippen LogP contribution in [-0.2, 0) is 0 Å². The van der Waals surface area contributed by atoms with Gasteiger partial charge in [-0.05, 0) is 46.3 Å². The average molecular weight is 385 g/mol. The second-order valence-electron chi connectivity index (χ2n) is 4.04. The summed E-state index contributed by atoms with van der Waals surface area (Å²) in [7, 11) is 0. The molecule has 3 rings (SSSR count). The van der Waals surface area contributed by atoms with Crippen molar-refractivity contribution < 1.29 is 4.39 Å². The van der Waals surface area contributed by atoms with Crippen molar-refractivity contribution in [2.24, 2.45) is 0 Å². The Hall–Kier alpha value is -1.40. The van der Waals surface area contributed by atoms with Gasteiger partial charge >= 0.3 is 0 Å². The summed E-state index contributed by atoms with van der Waals surface area (Å²) in [5.41, 5.74) is 8.05. The van der Waals surface area contributed by atoms with E-state index < -0.39 is 0 Å². The van der Waals surface area contributed by atoms with Crippen LogP contribution in [-0.4, -0.2) is 9.55 Å². The van der Waals surface area contributed by atoms with Crippen molar-refractivity contribution in [2.75, 3.05) is 5.73 Å². The molecule has 0 atom stereocenters. The van der Waals surface area contributed by atoms with Crippen molar-refractivity contribution in [3.63, 3.8) is 0 Å². The van der Waals surface area contributed by atoms with Crippen molar-refractivity contribution in [1.82, 2.24) is 9.55 Å². The molecule has 0 aliphatic rings. The Bertz CT molecular complexity index is 766. The van der Waals surface area contributed by atoms with Crippen LogP contribution < -0.4 is 5.73 Å². The Morgan fingerprint density at radius 2 is 1.79 bits per heavy atom. The summed E-state index contributed by atoms with van der Waals surface area (Å²) in [6, 6.07) is 10.6. The molecule has 0 unspecified atom stereocenters. The number of halogens is 3. The van der Waals surface area contributed by atoms with E-state index in [0.717, 1.165) is 10.2 Å². The molecule has 0 aliphatic carbocycles. The maximum Gasteiger partial charge on any atom is 0.205 e. The second kappa shape index (κ2) is 4.61. The fourth-order valence-electron chi connectivity index (χ4n) is 1.95. The van der Waals surface area contributed by atoms with Gasteiger partial charge in [-0.1, -0.05) is 15.9 Å². The summed E-state index contributed by atoms with van der Waals surface area (Å²) in [4.78, 5) is 4.25. The van der Waals surface area contributed by atoms with Gasteiger partial charge in [-0.3, -0.25) is 4.57 Å². The largest absolute Gasteiger partial charge is 0.369 e. The molecule has 3 aromatic rings. The highest BCUT2D eigenvalue weighted by molar-refractivity contribution is 9.10. The lowest BCUT2D eigenvalue weighted by atomic mass is 10.2. The smallest absolute Gasteiger partial charge is 0.205 e. The minimum atomic E-state index is -0.342. The van der Waals surface area contributed by atoms with Crippen molar-refractivity contribution >= 4 is 48.8 Å². The third-order valence-electron chi connectivity index (χ3n) is 2.81. The van der Waals surface area contributed by atoms with Gasteiger partial charge in [0.25, 0.3) is 0 Å². The first-order valence-electron chi connectivity index (χ1n) is 5.45. The first kappa shape index (κ1) is 12.6. The van der Waals surface area contributed by atoms with Crippen molar-refractivity contribution in [3.05, 3.63) is 51.2 Å².